The highest BCUT2D eigenvalue weighted by Gasteiger charge is 2.44. The van der Waals surface area contributed by atoms with Gasteiger partial charge in [0.2, 0.25) is 5.91 Å². The Bertz CT molecular complexity index is 590. The Labute approximate surface area is 122 Å². The molecule has 0 aromatic carbocycles. The van der Waals surface area contributed by atoms with Gasteiger partial charge in [0, 0.05) is 11.8 Å². The molecular formula is C13H19N5O3. The lowest BCUT2D eigenvalue weighted by Crippen LogP contribution is -2.41. The fourth-order valence-electron chi connectivity index (χ4n) is 1.98. The molecule has 21 heavy (non-hydrogen) atoms. The van der Waals surface area contributed by atoms with Gasteiger partial charge in [-0.05, 0) is 19.8 Å². The Morgan fingerprint density at radius 1 is 1.43 bits per heavy atom. The van der Waals surface area contributed by atoms with Crippen LogP contribution in [0.1, 0.15) is 39.3 Å². The zero-order chi connectivity index (χ0) is 15.8. The van der Waals surface area contributed by atoms with E-state index in [1.165, 1.54) is 0 Å². The van der Waals surface area contributed by atoms with Gasteiger partial charge < -0.3 is 10.6 Å². The van der Waals surface area contributed by atoms with Gasteiger partial charge in [-0.3, -0.25) is 19.6 Å². The molecule has 2 rings (SSSR count). The zero-order valence-electron chi connectivity index (χ0n) is 12.5. The third-order valence-electron chi connectivity index (χ3n) is 3.23. The second-order valence-electron chi connectivity index (χ2n) is 5.86. The Balaban J connectivity index is 1.99. The molecule has 1 fully saturated rings. The average Bonchev–Trinajstić information content (AvgIpc) is 2.89. The first kappa shape index (κ1) is 15.0. The molecule has 2 heterocycles. The molecule has 0 saturated carbocycles. The SMILES string of the molecule is CC(C)c1cc(NC(=O)CN2C(=O)NC(C)(C)C2=O)n[nH]1. The number of carbonyl (C=O) groups is 3. The molecule has 1 aromatic heterocycles. The van der Waals surface area contributed by atoms with E-state index in [4.69, 9.17) is 0 Å². The largest absolute Gasteiger partial charge is 0.325 e. The van der Waals surface area contributed by atoms with Crippen LogP contribution in [-0.4, -0.2) is 45.0 Å². The van der Waals surface area contributed by atoms with E-state index < -0.39 is 23.4 Å². The summed E-state index contributed by atoms with van der Waals surface area (Å²) < 4.78 is 0. The number of nitrogens with one attached hydrogen (secondary N) is 3. The van der Waals surface area contributed by atoms with E-state index in [1.54, 1.807) is 19.9 Å². The maximum absolute atomic E-state index is 12.0. The van der Waals surface area contributed by atoms with Gasteiger partial charge in [0.25, 0.3) is 5.91 Å². The third kappa shape index (κ3) is 3.04. The minimum absolute atomic E-state index is 0.259. The molecule has 1 aliphatic rings. The van der Waals surface area contributed by atoms with Crippen LogP contribution in [0.5, 0.6) is 0 Å². The number of nitrogens with zero attached hydrogens (tertiary/aromatic N) is 2. The van der Waals surface area contributed by atoms with E-state index in [1.807, 2.05) is 13.8 Å². The van der Waals surface area contributed by atoms with Crippen molar-refractivity contribution >= 4 is 23.7 Å². The summed E-state index contributed by atoms with van der Waals surface area (Å²) in [5.74, 6) is -0.268. The predicted molar refractivity (Wildman–Crippen MR) is 75.6 cm³/mol. The number of H-pyrrole nitrogens is 1. The normalized spacial score (nSPS) is 17.3. The number of anilines is 1. The summed E-state index contributed by atoms with van der Waals surface area (Å²) in [6, 6.07) is 1.16. The number of urea groups is 1. The second-order valence-corrected chi connectivity index (χ2v) is 5.86. The fourth-order valence-corrected chi connectivity index (χ4v) is 1.98. The lowest BCUT2D eigenvalue weighted by molar-refractivity contribution is -0.132. The first-order valence-corrected chi connectivity index (χ1v) is 6.70. The van der Waals surface area contributed by atoms with Gasteiger partial charge in [-0.15, -0.1) is 0 Å². The van der Waals surface area contributed by atoms with Gasteiger partial charge in [-0.1, -0.05) is 13.8 Å². The molecule has 8 heteroatoms. The molecule has 0 bridgehead atoms. The van der Waals surface area contributed by atoms with Crippen molar-refractivity contribution in [3.63, 3.8) is 0 Å². The van der Waals surface area contributed by atoms with Crippen LogP contribution in [0.3, 0.4) is 0 Å². The number of hydrogen-bond donors (Lipinski definition) is 3. The maximum atomic E-state index is 12.0. The zero-order valence-corrected chi connectivity index (χ0v) is 12.5. The molecule has 0 unspecified atom stereocenters. The van der Waals surface area contributed by atoms with E-state index in [-0.39, 0.29) is 12.5 Å². The Morgan fingerprint density at radius 2 is 2.10 bits per heavy atom. The summed E-state index contributed by atoms with van der Waals surface area (Å²) in [5.41, 5.74) is -0.0875. The van der Waals surface area contributed by atoms with E-state index in [0.29, 0.717) is 5.82 Å². The summed E-state index contributed by atoms with van der Waals surface area (Å²) in [4.78, 5) is 36.4. The van der Waals surface area contributed by atoms with Crippen molar-refractivity contribution in [3.05, 3.63) is 11.8 Å². The number of hydrogen-bond acceptors (Lipinski definition) is 4. The Kier molecular flexibility index (Phi) is 3.71. The minimum atomic E-state index is -0.978. The van der Waals surface area contributed by atoms with Gasteiger partial charge in [0.05, 0.1) is 0 Å². The first-order chi connectivity index (χ1) is 9.70. The van der Waals surface area contributed by atoms with Crippen LogP contribution in [0, 0.1) is 0 Å². The van der Waals surface area contributed by atoms with Crippen molar-refractivity contribution in [3.8, 4) is 0 Å². The summed E-state index contributed by atoms with van der Waals surface area (Å²) >= 11 is 0. The smallest absolute Gasteiger partial charge is 0.324 e. The Hall–Kier alpha value is -2.38. The predicted octanol–water partition coefficient (Wildman–Crippen LogP) is 0.802. The molecular weight excluding hydrogens is 274 g/mol. The molecule has 0 atom stereocenters. The summed E-state index contributed by atoms with van der Waals surface area (Å²) in [6.45, 7) is 6.84. The van der Waals surface area contributed by atoms with Crippen LogP contribution in [0.15, 0.2) is 6.07 Å². The van der Waals surface area contributed by atoms with Gasteiger partial charge in [0.15, 0.2) is 5.82 Å². The fraction of sp³-hybridized carbons (Fsp3) is 0.538. The van der Waals surface area contributed by atoms with Crippen LogP contribution < -0.4 is 10.6 Å². The number of aromatic amines is 1. The molecule has 8 nitrogen and oxygen atoms in total. The van der Waals surface area contributed by atoms with Crippen molar-refractivity contribution in [2.24, 2.45) is 0 Å². The minimum Gasteiger partial charge on any atom is -0.324 e. The maximum Gasteiger partial charge on any atom is 0.325 e. The highest BCUT2D eigenvalue weighted by molar-refractivity contribution is 6.09. The lowest BCUT2D eigenvalue weighted by atomic mass is 10.1. The summed E-state index contributed by atoms with van der Waals surface area (Å²) in [5, 5.41) is 11.8. The quantitative estimate of drug-likeness (QED) is 0.714. The lowest BCUT2D eigenvalue weighted by Gasteiger charge is -2.15. The van der Waals surface area contributed by atoms with E-state index >= 15 is 0 Å². The number of aromatic nitrogens is 2. The van der Waals surface area contributed by atoms with Crippen molar-refractivity contribution in [2.45, 2.75) is 39.2 Å². The van der Waals surface area contributed by atoms with Crippen LogP contribution in [-0.2, 0) is 9.59 Å². The van der Waals surface area contributed by atoms with Gasteiger partial charge >= 0.3 is 6.03 Å². The Morgan fingerprint density at radius 3 is 2.57 bits per heavy atom. The number of rotatable bonds is 4. The highest BCUT2D eigenvalue weighted by Crippen LogP contribution is 2.17. The molecule has 1 aliphatic heterocycles. The molecule has 1 aromatic rings. The first-order valence-electron chi connectivity index (χ1n) is 6.70. The molecule has 0 radical (unpaired) electrons. The second kappa shape index (κ2) is 5.19. The van der Waals surface area contributed by atoms with Crippen LogP contribution in [0.25, 0.3) is 0 Å². The van der Waals surface area contributed by atoms with Crippen LogP contribution >= 0.6 is 0 Å². The van der Waals surface area contributed by atoms with Crippen molar-refractivity contribution in [1.82, 2.24) is 20.4 Å². The van der Waals surface area contributed by atoms with Crippen molar-refractivity contribution < 1.29 is 14.4 Å². The monoisotopic (exact) mass is 293 g/mol. The van der Waals surface area contributed by atoms with E-state index in [9.17, 15) is 14.4 Å². The molecule has 0 spiro atoms. The third-order valence-corrected chi connectivity index (χ3v) is 3.23. The summed E-state index contributed by atoms with van der Waals surface area (Å²) in [6.07, 6.45) is 0. The van der Waals surface area contributed by atoms with Crippen molar-refractivity contribution in [2.75, 3.05) is 11.9 Å². The average molecular weight is 293 g/mol. The summed E-state index contributed by atoms with van der Waals surface area (Å²) in [7, 11) is 0. The molecule has 114 valence electrons. The van der Waals surface area contributed by atoms with E-state index in [0.717, 1.165) is 10.6 Å². The van der Waals surface area contributed by atoms with Gasteiger partial charge in [-0.2, -0.15) is 5.10 Å². The molecule has 4 amide bonds. The number of carbonyl (C=O) groups excluding carboxylic acids is 3. The van der Waals surface area contributed by atoms with Crippen LogP contribution in [0.2, 0.25) is 0 Å². The van der Waals surface area contributed by atoms with Gasteiger partial charge in [-0.25, -0.2) is 4.79 Å². The van der Waals surface area contributed by atoms with E-state index in [2.05, 4.69) is 20.8 Å². The molecule has 1 saturated heterocycles. The van der Waals surface area contributed by atoms with Crippen molar-refractivity contribution in [1.29, 1.82) is 0 Å². The van der Waals surface area contributed by atoms with Gasteiger partial charge in [0.1, 0.15) is 12.1 Å². The standard InChI is InChI=1S/C13H19N5O3/c1-7(2)8-5-9(17-16-8)14-10(19)6-18-11(20)13(3,4)15-12(18)21/h5,7H,6H2,1-4H3,(H,15,21)(H2,14,16,17,19). The molecule has 0 aliphatic carbocycles. The topological polar surface area (TPSA) is 107 Å². The van der Waals surface area contributed by atoms with Crippen LogP contribution in [0.4, 0.5) is 10.6 Å². The number of amides is 4. The number of imide groups is 1. The highest BCUT2D eigenvalue weighted by atomic mass is 16.2. The molecule has 3 N–H and O–H groups in total.